The van der Waals surface area contributed by atoms with Crippen molar-refractivity contribution in [2.75, 3.05) is 32.7 Å². The highest BCUT2D eigenvalue weighted by Gasteiger charge is 2.27. The Kier molecular flexibility index (Phi) is 5.64. The Balaban J connectivity index is 1.51. The minimum Gasteiger partial charge on any atom is -0.387 e. The molecule has 0 saturated carbocycles. The van der Waals surface area contributed by atoms with Crippen LogP contribution in [0.3, 0.4) is 0 Å². The SMILES string of the molecule is OC(CN1CCC(N2CCCC2)CC1)c1ccc(Cl)cc1Cl. The van der Waals surface area contributed by atoms with Gasteiger partial charge < -0.3 is 14.9 Å². The van der Waals surface area contributed by atoms with Crippen LogP contribution in [-0.4, -0.2) is 53.7 Å². The number of halogens is 2. The van der Waals surface area contributed by atoms with E-state index in [1.165, 1.54) is 38.8 Å². The van der Waals surface area contributed by atoms with E-state index < -0.39 is 6.10 Å². The Morgan fingerprint density at radius 2 is 1.77 bits per heavy atom. The van der Waals surface area contributed by atoms with Gasteiger partial charge in [-0.05, 0) is 64.0 Å². The summed E-state index contributed by atoms with van der Waals surface area (Å²) in [5.41, 5.74) is 0.771. The highest BCUT2D eigenvalue weighted by molar-refractivity contribution is 6.35. The van der Waals surface area contributed by atoms with E-state index in [1.54, 1.807) is 12.1 Å². The van der Waals surface area contributed by atoms with Crippen molar-refractivity contribution in [2.24, 2.45) is 0 Å². The number of piperidine rings is 1. The summed E-state index contributed by atoms with van der Waals surface area (Å²) in [5.74, 6) is 0. The number of β-amino-alcohol motifs (C(OH)–C–C–N with tert-alkyl or cyclic N) is 1. The molecule has 1 unspecified atom stereocenters. The lowest BCUT2D eigenvalue weighted by molar-refractivity contribution is 0.0739. The topological polar surface area (TPSA) is 26.7 Å². The lowest BCUT2D eigenvalue weighted by Crippen LogP contribution is -2.44. The number of hydrogen-bond donors (Lipinski definition) is 1. The Labute approximate surface area is 142 Å². The van der Waals surface area contributed by atoms with E-state index in [0.717, 1.165) is 24.7 Å². The zero-order valence-corrected chi connectivity index (χ0v) is 14.4. The Bertz CT molecular complexity index is 497. The van der Waals surface area contributed by atoms with Crippen molar-refractivity contribution in [1.29, 1.82) is 0 Å². The van der Waals surface area contributed by atoms with Gasteiger partial charge in [0, 0.05) is 28.2 Å². The van der Waals surface area contributed by atoms with E-state index in [0.29, 0.717) is 16.6 Å². The van der Waals surface area contributed by atoms with E-state index in [-0.39, 0.29) is 0 Å². The summed E-state index contributed by atoms with van der Waals surface area (Å²) in [7, 11) is 0. The van der Waals surface area contributed by atoms with Crippen LogP contribution in [0.25, 0.3) is 0 Å². The molecule has 3 nitrogen and oxygen atoms in total. The number of aliphatic hydroxyl groups is 1. The molecule has 0 spiro atoms. The summed E-state index contributed by atoms with van der Waals surface area (Å²) < 4.78 is 0. The average Bonchev–Trinajstić information content (AvgIpc) is 3.02. The van der Waals surface area contributed by atoms with Gasteiger partial charge in [-0.25, -0.2) is 0 Å². The molecule has 0 radical (unpaired) electrons. The molecule has 0 amide bonds. The van der Waals surface area contributed by atoms with Crippen LogP contribution in [0.1, 0.15) is 37.4 Å². The first-order chi connectivity index (χ1) is 10.6. The molecule has 2 fully saturated rings. The van der Waals surface area contributed by atoms with Gasteiger partial charge in [-0.3, -0.25) is 0 Å². The third-order valence-electron chi connectivity index (χ3n) is 4.97. The number of likely N-dealkylation sites (tertiary alicyclic amines) is 2. The molecule has 122 valence electrons. The smallest absolute Gasteiger partial charge is 0.0931 e. The average molecular weight is 343 g/mol. The maximum Gasteiger partial charge on any atom is 0.0931 e. The van der Waals surface area contributed by atoms with E-state index in [4.69, 9.17) is 23.2 Å². The summed E-state index contributed by atoms with van der Waals surface area (Å²) in [6, 6.07) is 6.05. The number of nitrogens with zero attached hydrogens (tertiary/aromatic N) is 2. The fourth-order valence-corrected chi connectivity index (χ4v) is 4.22. The maximum atomic E-state index is 10.4. The second kappa shape index (κ2) is 7.50. The summed E-state index contributed by atoms with van der Waals surface area (Å²) >= 11 is 12.1. The van der Waals surface area contributed by atoms with Gasteiger partial charge >= 0.3 is 0 Å². The van der Waals surface area contributed by atoms with Gasteiger partial charge in [-0.1, -0.05) is 29.3 Å². The highest BCUT2D eigenvalue weighted by atomic mass is 35.5. The Hall–Kier alpha value is -0.320. The molecule has 2 heterocycles. The largest absolute Gasteiger partial charge is 0.387 e. The number of aliphatic hydroxyl groups excluding tert-OH is 1. The predicted molar refractivity (Wildman–Crippen MR) is 91.7 cm³/mol. The lowest BCUT2D eigenvalue weighted by Gasteiger charge is -2.37. The lowest BCUT2D eigenvalue weighted by atomic mass is 10.0. The molecular weight excluding hydrogens is 319 g/mol. The number of rotatable bonds is 4. The summed E-state index contributed by atoms with van der Waals surface area (Å²) in [5, 5.41) is 11.6. The number of benzene rings is 1. The van der Waals surface area contributed by atoms with Gasteiger partial charge in [0.25, 0.3) is 0 Å². The molecular formula is C17H24Cl2N2O. The first-order valence-electron chi connectivity index (χ1n) is 8.23. The predicted octanol–water partition coefficient (Wildman–Crippen LogP) is 3.59. The van der Waals surface area contributed by atoms with E-state index >= 15 is 0 Å². The number of hydrogen-bond acceptors (Lipinski definition) is 3. The fourth-order valence-electron chi connectivity index (χ4n) is 3.69. The van der Waals surface area contributed by atoms with Crippen molar-refractivity contribution in [1.82, 2.24) is 9.80 Å². The van der Waals surface area contributed by atoms with Crippen molar-refractivity contribution in [3.05, 3.63) is 33.8 Å². The Morgan fingerprint density at radius 3 is 2.41 bits per heavy atom. The van der Waals surface area contributed by atoms with Gasteiger partial charge in [0.1, 0.15) is 0 Å². The van der Waals surface area contributed by atoms with Gasteiger partial charge in [-0.15, -0.1) is 0 Å². The van der Waals surface area contributed by atoms with Crippen LogP contribution in [0.5, 0.6) is 0 Å². The molecule has 2 aliphatic heterocycles. The van der Waals surface area contributed by atoms with Crippen molar-refractivity contribution >= 4 is 23.2 Å². The molecule has 1 aromatic carbocycles. The second-order valence-electron chi connectivity index (χ2n) is 6.46. The summed E-state index contributed by atoms with van der Waals surface area (Å²) in [6.45, 7) is 5.31. The molecule has 1 aromatic rings. The van der Waals surface area contributed by atoms with Crippen LogP contribution in [0, 0.1) is 0 Å². The quantitative estimate of drug-likeness (QED) is 0.905. The van der Waals surface area contributed by atoms with E-state index in [9.17, 15) is 5.11 Å². The molecule has 5 heteroatoms. The zero-order chi connectivity index (χ0) is 15.5. The van der Waals surface area contributed by atoms with Gasteiger partial charge in [-0.2, -0.15) is 0 Å². The third kappa shape index (κ3) is 3.95. The summed E-state index contributed by atoms with van der Waals surface area (Å²) in [6.07, 6.45) is 4.58. The first kappa shape index (κ1) is 16.5. The van der Waals surface area contributed by atoms with E-state index in [2.05, 4.69) is 9.80 Å². The van der Waals surface area contributed by atoms with Crippen LogP contribution >= 0.6 is 23.2 Å². The molecule has 2 saturated heterocycles. The molecule has 1 N–H and O–H groups in total. The second-order valence-corrected chi connectivity index (χ2v) is 7.30. The van der Waals surface area contributed by atoms with E-state index in [1.807, 2.05) is 6.07 Å². The fraction of sp³-hybridized carbons (Fsp3) is 0.647. The first-order valence-corrected chi connectivity index (χ1v) is 8.98. The van der Waals surface area contributed by atoms with Crippen LogP contribution in [0.15, 0.2) is 18.2 Å². The minimum absolute atomic E-state index is 0.548. The normalized spacial score (nSPS) is 23.0. The third-order valence-corrected chi connectivity index (χ3v) is 5.53. The molecule has 0 aromatic heterocycles. The van der Waals surface area contributed by atoms with Crippen LogP contribution in [0.2, 0.25) is 10.0 Å². The van der Waals surface area contributed by atoms with Crippen LogP contribution in [0.4, 0.5) is 0 Å². The molecule has 2 aliphatic rings. The van der Waals surface area contributed by atoms with Gasteiger partial charge in [0.05, 0.1) is 6.10 Å². The molecule has 0 bridgehead atoms. The van der Waals surface area contributed by atoms with Crippen molar-refractivity contribution in [2.45, 2.75) is 37.8 Å². The Morgan fingerprint density at radius 1 is 1.09 bits per heavy atom. The van der Waals surface area contributed by atoms with Crippen molar-refractivity contribution in [3.8, 4) is 0 Å². The van der Waals surface area contributed by atoms with Gasteiger partial charge in [0.15, 0.2) is 0 Å². The summed E-state index contributed by atoms with van der Waals surface area (Å²) in [4.78, 5) is 4.99. The standard InChI is InChI=1S/C17H24Cl2N2O/c18-13-3-4-15(16(19)11-13)17(22)12-20-9-5-14(6-10-20)21-7-1-2-8-21/h3-4,11,14,17,22H,1-2,5-10,12H2. The van der Waals surface area contributed by atoms with Crippen LogP contribution < -0.4 is 0 Å². The molecule has 22 heavy (non-hydrogen) atoms. The highest BCUT2D eigenvalue weighted by Crippen LogP contribution is 2.28. The molecule has 3 rings (SSSR count). The molecule has 1 atom stereocenters. The minimum atomic E-state index is -0.548. The monoisotopic (exact) mass is 342 g/mol. The molecule has 0 aliphatic carbocycles. The zero-order valence-electron chi connectivity index (χ0n) is 12.8. The van der Waals surface area contributed by atoms with Crippen molar-refractivity contribution in [3.63, 3.8) is 0 Å². The maximum absolute atomic E-state index is 10.4. The van der Waals surface area contributed by atoms with Crippen molar-refractivity contribution < 1.29 is 5.11 Å². The van der Waals surface area contributed by atoms with Crippen LogP contribution in [-0.2, 0) is 0 Å². The van der Waals surface area contributed by atoms with Gasteiger partial charge in [0.2, 0.25) is 0 Å².